The zero-order valence-electron chi connectivity index (χ0n) is 8.15. The highest BCUT2D eigenvalue weighted by Crippen LogP contribution is 2.28. The molecular formula is C8H17NO4S. The molecule has 0 unspecified atom stereocenters. The van der Waals surface area contributed by atoms with Gasteiger partial charge >= 0.3 is 0 Å². The van der Waals surface area contributed by atoms with Gasteiger partial charge in [0, 0.05) is 6.61 Å². The van der Waals surface area contributed by atoms with Crippen LogP contribution in [-0.2, 0) is 19.5 Å². The monoisotopic (exact) mass is 223 g/mol. The minimum absolute atomic E-state index is 0.129. The molecule has 0 aromatic heterocycles. The molecule has 0 heterocycles. The predicted octanol–water partition coefficient (Wildman–Crippen LogP) is -0.282. The summed E-state index contributed by atoms with van der Waals surface area (Å²) in [5.41, 5.74) is 0. The largest absolute Gasteiger partial charge is 0.379 e. The number of sulfonamides is 1. The van der Waals surface area contributed by atoms with E-state index in [9.17, 15) is 8.42 Å². The molecule has 14 heavy (non-hydrogen) atoms. The Balaban J connectivity index is 1.79. The third-order valence-corrected chi connectivity index (χ3v) is 2.67. The Labute approximate surface area is 84.6 Å². The van der Waals surface area contributed by atoms with Crippen LogP contribution in [0.1, 0.15) is 12.8 Å². The van der Waals surface area contributed by atoms with E-state index >= 15 is 0 Å². The molecule has 0 aliphatic heterocycles. The van der Waals surface area contributed by atoms with E-state index in [1.807, 2.05) is 0 Å². The molecule has 0 saturated heterocycles. The molecule has 0 spiro atoms. The number of primary sulfonamides is 1. The van der Waals surface area contributed by atoms with Crippen LogP contribution in [0.3, 0.4) is 0 Å². The highest BCUT2D eigenvalue weighted by atomic mass is 32.2. The van der Waals surface area contributed by atoms with Crippen LogP contribution in [0.5, 0.6) is 0 Å². The Morgan fingerprint density at radius 2 is 1.79 bits per heavy atom. The van der Waals surface area contributed by atoms with Crippen molar-refractivity contribution < 1.29 is 17.9 Å². The molecule has 1 rings (SSSR count). The molecule has 0 amide bonds. The summed E-state index contributed by atoms with van der Waals surface area (Å²) in [6.07, 6.45) is 2.54. The second-order valence-corrected chi connectivity index (χ2v) is 5.23. The normalized spacial score (nSPS) is 17.2. The molecule has 0 aromatic carbocycles. The Morgan fingerprint density at radius 1 is 1.14 bits per heavy atom. The molecular weight excluding hydrogens is 206 g/mol. The third-order valence-electron chi connectivity index (χ3n) is 1.93. The Hall–Kier alpha value is -0.170. The summed E-state index contributed by atoms with van der Waals surface area (Å²) in [7, 11) is -3.39. The van der Waals surface area contributed by atoms with Gasteiger partial charge in [0.05, 0.1) is 25.6 Å². The molecule has 5 nitrogen and oxygen atoms in total. The lowest BCUT2D eigenvalue weighted by molar-refractivity contribution is 0.0491. The number of hydrogen-bond acceptors (Lipinski definition) is 4. The molecule has 0 radical (unpaired) electrons. The van der Waals surface area contributed by atoms with Gasteiger partial charge in [-0.15, -0.1) is 0 Å². The molecule has 1 fully saturated rings. The van der Waals surface area contributed by atoms with E-state index in [2.05, 4.69) is 0 Å². The maximum atomic E-state index is 10.5. The quantitative estimate of drug-likeness (QED) is 0.574. The van der Waals surface area contributed by atoms with E-state index in [0.29, 0.717) is 13.2 Å². The fourth-order valence-corrected chi connectivity index (χ4v) is 1.28. The summed E-state index contributed by atoms with van der Waals surface area (Å²) in [4.78, 5) is 0. The highest BCUT2D eigenvalue weighted by Gasteiger charge is 2.20. The Morgan fingerprint density at radius 3 is 2.36 bits per heavy atom. The van der Waals surface area contributed by atoms with Crippen molar-refractivity contribution in [2.75, 3.05) is 32.2 Å². The van der Waals surface area contributed by atoms with E-state index < -0.39 is 10.0 Å². The first-order valence-electron chi connectivity index (χ1n) is 4.74. The summed E-state index contributed by atoms with van der Waals surface area (Å²) in [6.45, 7) is 1.91. The average Bonchev–Trinajstić information content (AvgIpc) is 2.84. The fourth-order valence-electron chi connectivity index (χ4n) is 0.930. The number of ether oxygens (including phenoxy) is 2. The standard InChI is InChI=1S/C8H17NO4S/c9-14(10,11)6-5-12-3-4-13-7-8-1-2-8/h8H,1-7H2,(H2,9,10,11). The third kappa shape index (κ3) is 7.25. The summed E-state index contributed by atoms with van der Waals surface area (Å²) >= 11 is 0. The van der Waals surface area contributed by atoms with Crippen molar-refractivity contribution in [1.82, 2.24) is 0 Å². The van der Waals surface area contributed by atoms with Crippen molar-refractivity contribution >= 4 is 10.0 Å². The summed E-state index contributed by atoms with van der Waals surface area (Å²) in [5.74, 6) is 0.620. The van der Waals surface area contributed by atoms with Gasteiger partial charge < -0.3 is 9.47 Å². The zero-order valence-corrected chi connectivity index (χ0v) is 8.96. The lowest BCUT2D eigenvalue weighted by Crippen LogP contribution is -2.21. The topological polar surface area (TPSA) is 78.6 Å². The van der Waals surface area contributed by atoms with Gasteiger partial charge in [-0.2, -0.15) is 0 Å². The van der Waals surface area contributed by atoms with E-state index in [1.165, 1.54) is 12.8 Å². The first-order chi connectivity index (χ1) is 6.58. The van der Waals surface area contributed by atoms with Crippen LogP contribution in [0.4, 0.5) is 0 Å². The summed E-state index contributed by atoms with van der Waals surface area (Å²) < 4.78 is 31.3. The SMILES string of the molecule is NS(=O)(=O)CCOCCOCC1CC1. The van der Waals surface area contributed by atoms with Crippen molar-refractivity contribution in [3.8, 4) is 0 Å². The van der Waals surface area contributed by atoms with Gasteiger partial charge in [-0.3, -0.25) is 0 Å². The molecule has 84 valence electrons. The Bertz CT molecular complexity index is 248. The van der Waals surface area contributed by atoms with Crippen LogP contribution < -0.4 is 5.14 Å². The van der Waals surface area contributed by atoms with Gasteiger partial charge in [-0.1, -0.05) is 0 Å². The fraction of sp³-hybridized carbons (Fsp3) is 1.00. The highest BCUT2D eigenvalue weighted by molar-refractivity contribution is 7.89. The lowest BCUT2D eigenvalue weighted by atomic mass is 10.5. The van der Waals surface area contributed by atoms with Crippen LogP contribution in [-0.4, -0.2) is 40.6 Å². The second-order valence-electron chi connectivity index (χ2n) is 3.50. The maximum Gasteiger partial charge on any atom is 0.211 e. The molecule has 0 aromatic rings. The van der Waals surface area contributed by atoms with Gasteiger partial charge in [-0.25, -0.2) is 13.6 Å². The predicted molar refractivity (Wildman–Crippen MR) is 52.3 cm³/mol. The van der Waals surface area contributed by atoms with Crippen molar-refractivity contribution in [1.29, 1.82) is 0 Å². The maximum absolute atomic E-state index is 10.5. The van der Waals surface area contributed by atoms with Crippen LogP contribution in [0.15, 0.2) is 0 Å². The minimum atomic E-state index is -3.39. The minimum Gasteiger partial charge on any atom is -0.379 e. The average molecular weight is 223 g/mol. The first kappa shape index (κ1) is 11.9. The van der Waals surface area contributed by atoms with Crippen molar-refractivity contribution in [2.24, 2.45) is 11.1 Å². The summed E-state index contributed by atoms with van der Waals surface area (Å²) in [5, 5.41) is 4.79. The molecule has 1 saturated carbocycles. The van der Waals surface area contributed by atoms with Gasteiger partial charge in [0.1, 0.15) is 0 Å². The van der Waals surface area contributed by atoms with Gasteiger partial charge in [0.15, 0.2) is 0 Å². The van der Waals surface area contributed by atoms with E-state index in [4.69, 9.17) is 14.6 Å². The molecule has 1 aliphatic rings. The molecule has 0 bridgehead atoms. The van der Waals surface area contributed by atoms with Crippen LogP contribution in [0, 0.1) is 5.92 Å². The van der Waals surface area contributed by atoms with Gasteiger partial charge in [-0.05, 0) is 18.8 Å². The van der Waals surface area contributed by atoms with E-state index in [-0.39, 0.29) is 12.4 Å². The Kier molecular flexibility index (Phi) is 4.80. The van der Waals surface area contributed by atoms with Crippen molar-refractivity contribution in [2.45, 2.75) is 12.8 Å². The number of hydrogen-bond donors (Lipinski definition) is 1. The van der Waals surface area contributed by atoms with Gasteiger partial charge in [0.2, 0.25) is 10.0 Å². The number of nitrogens with two attached hydrogens (primary N) is 1. The summed E-state index contributed by atoms with van der Waals surface area (Å²) in [6, 6.07) is 0. The molecule has 0 atom stereocenters. The number of rotatable bonds is 8. The first-order valence-corrected chi connectivity index (χ1v) is 6.45. The lowest BCUT2D eigenvalue weighted by Gasteiger charge is -2.04. The van der Waals surface area contributed by atoms with E-state index in [1.54, 1.807) is 0 Å². The molecule has 2 N–H and O–H groups in total. The van der Waals surface area contributed by atoms with Crippen molar-refractivity contribution in [3.05, 3.63) is 0 Å². The zero-order chi connectivity index (χ0) is 10.4. The molecule has 1 aliphatic carbocycles. The van der Waals surface area contributed by atoms with Gasteiger partial charge in [0.25, 0.3) is 0 Å². The smallest absolute Gasteiger partial charge is 0.211 e. The van der Waals surface area contributed by atoms with Crippen LogP contribution >= 0.6 is 0 Å². The van der Waals surface area contributed by atoms with Crippen LogP contribution in [0.25, 0.3) is 0 Å². The van der Waals surface area contributed by atoms with E-state index in [0.717, 1.165) is 12.5 Å². The van der Waals surface area contributed by atoms with Crippen LogP contribution in [0.2, 0.25) is 0 Å². The van der Waals surface area contributed by atoms with Crippen molar-refractivity contribution in [3.63, 3.8) is 0 Å². The second kappa shape index (κ2) is 5.65. The molecule has 6 heteroatoms.